The van der Waals surface area contributed by atoms with E-state index in [4.69, 9.17) is 14.2 Å². The number of benzene rings is 3. The molecule has 1 saturated heterocycles. The van der Waals surface area contributed by atoms with Crippen molar-refractivity contribution in [2.24, 2.45) is 34.5 Å². The van der Waals surface area contributed by atoms with Gasteiger partial charge in [0.2, 0.25) is 0 Å². The van der Waals surface area contributed by atoms with Crippen LogP contribution >= 0.6 is 0 Å². The van der Waals surface area contributed by atoms with Gasteiger partial charge in [-0.25, -0.2) is 0 Å². The molecule has 1 aliphatic heterocycles. The summed E-state index contributed by atoms with van der Waals surface area (Å²) in [6.07, 6.45) is 15.0. The number of rotatable bonds is 22. The summed E-state index contributed by atoms with van der Waals surface area (Å²) in [6.45, 7) is 22.0. The summed E-state index contributed by atoms with van der Waals surface area (Å²) in [5.41, 5.74) is 8.16. The number of unbranched alkanes of at least 4 members (excludes halogenated alkanes) is 2. The van der Waals surface area contributed by atoms with Crippen LogP contribution in [0.2, 0.25) is 0 Å². The van der Waals surface area contributed by atoms with Crippen LogP contribution in [0.15, 0.2) is 115 Å². The SMILES string of the molecule is C=C(C)CCc1cccc2c1C[C@@]1(C)CC(C(=O)OCc3ccccc3)[C@H](CC[C@H](CCCCC)CC(=C)CCC(=C)C3CCOCC3)C1(C(=O)OCc1ccccc1)C2. The third kappa shape index (κ3) is 11.2. The van der Waals surface area contributed by atoms with Gasteiger partial charge >= 0.3 is 11.9 Å². The number of fused-ring (bicyclic) bond motifs is 2. The highest BCUT2D eigenvalue weighted by Crippen LogP contribution is 2.66. The Morgan fingerprint density at radius 3 is 2.17 bits per heavy atom. The van der Waals surface area contributed by atoms with E-state index in [1.54, 1.807) is 0 Å². The summed E-state index contributed by atoms with van der Waals surface area (Å²) in [5.74, 6) is -0.0818. The van der Waals surface area contributed by atoms with Gasteiger partial charge in [0.25, 0.3) is 0 Å². The Labute approximate surface area is 362 Å². The number of allylic oxidation sites excluding steroid dienone is 3. The second-order valence-corrected chi connectivity index (χ2v) is 18.9. The Hall–Kier alpha value is -4.22. The quantitative estimate of drug-likeness (QED) is 0.0574. The van der Waals surface area contributed by atoms with E-state index in [0.717, 1.165) is 101 Å². The molecule has 322 valence electrons. The summed E-state index contributed by atoms with van der Waals surface area (Å²) in [7, 11) is 0. The van der Waals surface area contributed by atoms with Gasteiger partial charge in [-0.15, -0.1) is 6.58 Å². The molecule has 3 aromatic carbocycles. The number of carbonyl (C=O) groups is 2. The molecule has 5 nitrogen and oxygen atoms in total. The average Bonchev–Trinajstić information content (AvgIpc) is 3.53. The van der Waals surface area contributed by atoms with E-state index in [9.17, 15) is 4.79 Å². The van der Waals surface area contributed by atoms with E-state index in [0.29, 0.717) is 24.7 Å². The molecule has 1 heterocycles. The fourth-order valence-corrected chi connectivity index (χ4v) is 11.0. The number of carbonyl (C=O) groups excluding carboxylic acids is 2. The Balaban J connectivity index is 1.32. The maximum Gasteiger partial charge on any atom is 0.313 e. The van der Waals surface area contributed by atoms with E-state index in [1.165, 1.54) is 47.1 Å². The number of hydrogen-bond donors (Lipinski definition) is 0. The van der Waals surface area contributed by atoms with E-state index >= 15 is 4.79 Å². The minimum atomic E-state index is -0.898. The molecule has 0 aromatic heterocycles. The van der Waals surface area contributed by atoms with Gasteiger partial charge in [0.05, 0.1) is 11.3 Å². The van der Waals surface area contributed by atoms with Crippen LogP contribution in [0.4, 0.5) is 0 Å². The predicted molar refractivity (Wildman–Crippen MR) is 244 cm³/mol. The smallest absolute Gasteiger partial charge is 0.313 e. The number of hydrogen-bond acceptors (Lipinski definition) is 5. The molecule has 5 heteroatoms. The third-order valence-electron chi connectivity index (χ3n) is 14.5. The fraction of sp³-hybridized carbons (Fsp3) is 0.527. The lowest BCUT2D eigenvalue weighted by Crippen LogP contribution is -2.53. The third-order valence-corrected chi connectivity index (χ3v) is 14.5. The van der Waals surface area contributed by atoms with Gasteiger partial charge in [0.15, 0.2) is 0 Å². The molecule has 5 atom stereocenters. The second kappa shape index (κ2) is 21.5. The van der Waals surface area contributed by atoms with Crippen molar-refractivity contribution in [2.75, 3.05) is 13.2 Å². The Kier molecular flexibility index (Phi) is 16.3. The minimum Gasteiger partial charge on any atom is -0.461 e. The van der Waals surface area contributed by atoms with Crippen LogP contribution in [0, 0.1) is 34.5 Å². The molecule has 6 rings (SSSR count). The van der Waals surface area contributed by atoms with Crippen molar-refractivity contribution in [1.29, 1.82) is 0 Å². The molecular formula is C55H72O5. The molecule has 2 fully saturated rings. The average molecular weight is 813 g/mol. The van der Waals surface area contributed by atoms with Gasteiger partial charge in [-0.05, 0) is 135 Å². The van der Waals surface area contributed by atoms with Crippen molar-refractivity contribution in [3.8, 4) is 0 Å². The highest BCUT2D eigenvalue weighted by atomic mass is 16.5. The zero-order chi connectivity index (χ0) is 42.5. The van der Waals surface area contributed by atoms with E-state index < -0.39 is 16.7 Å². The van der Waals surface area contributed by atoms with Crippen molar-refractivity contribution in [1.82, 2.24) is 0 Å². The number of ether oxygens (including phenoxy) is 3. The summed E-state index contributed by atoms with van der Waals surface area (Å²) in [5, 5.41) is 0. The lowest BCUT2D eigenvalue weighted by atomic mass is 9.53. The number of aryl methyl sites for hydroxylation is 1. The normalized spacial score (nSPS) is 22.9. The van der Waals surface area contributed by atoms with Gasteiger partial charge in [0, 0.05) is 13.2 Å². The Bertz CT molecular complexity index is 1910. The van der Waals surface area contributed by atoms with Crippen molar-refractivity contribution in [2.45, 2.75) is 137 Å². The molecular weight excluding hydrogens is 741 g/mol. The molecule has 2 unspecified atom stereocenters. The van der Waals surface area contributed by atoms with Crippen LogP contribution in [-0.4, -0.2) is 25.2 Å². The van der Waals surface area contributed by atoms with Gasteiger partial charge in [0.1, 0.15) is 13.2 Å². The number of esters is 2. The molecule has 0 N–H and O–H groups in total. The van der Waals surface area contributed by atoms with Crippen LogP contribution in [0.5, 0.6) is 0 Å². The fourth-order valence-electron chi connectivity index (χ4n) is 11.0. The van der Waals surface area contributed by atoms with E-state index in [-0.39, 0.29) is 31.1 Å². The monoisotopic (exact) mass is 813 g/mol. The van der Waals surface area contributed by atoms with Crippen molar-refractivity contribution in [3.63, 3.8) is 0 Å². The van der Waals surface area contributed by atoms with Crippen LogP contribution in [0.25, 0.3) is 0 Å². The first kappa shape index (κ1) is 45.3. The molecule has 0 amide bonds. The van der Waals surface area contributed by atoms with Crippen LogP contribution in [0.3, 0.4) is 0 Å². The molecule has 0 radical (unpaired) electrons. The first-order valence-electron chi connectivity index (χ1n) is 23.1. The van der Waals surface area contributed by atoms with Gasteiger partial charge < -0.3 is 14.2 Å². The van der Waals surface area contributed by atoms with Crippen LogP contribution < -0.4 is 0 Å². The summed E-state index contributed by atoms with van der Waals surface area (Å²) in [6, 6.07) is 26.5. The molecule has 3 aromatic rings. The molecule has 2 aliphatic carbocycles. The first-order valence-corrected chi connectivity index (χ1v) is 23.1. The molecule has 60 heavy (non-hydrogen) atoms. The maximum absolute atomic E-state index is 15.3. The second-order valence-electron chi connectivity index (χ2n) is 18.9. The Morgan fingerprint density at radius 1 is 0.817 bits per heavy atom. The molecule has 0 bridgehead atoms. The van der Waals surface area contributed by atoms with Gasteiger partial charge in [-0.2, -0.15) is 0 Å². The van der Waals surface area contributed by atoms with E-state index in [1.807, 2.05) is 60.7 Å². The van der Waals surface area contributed by atoms with Crippen molar-refractivity contribution >= 4 is 11.9 Å². The molecule has 0 spiro atoms. The van der Waals surface area contributed by atoms with Gasteiger partial charge in [-0.3, -0.25) is 9.59 Å². The first-order chi connectivity index (χ1) is 29.0. The lowest BCUT2D eigenvalue weighted by molar-refractivity contribution is -0.170. The predicted octanol–water partition coefficient (Wildman–Crippen LogP) is 13.1. The minimum absolute atomic E-state index is 0.172. The molecule has 1 saturated carbocycles. The Morgan fingerprint density at radius 2 is 1.50 bits per heavy atom. The zero-order valence-electron chi connectivity index (χ0n) is 37.1. The van der Waals surface area contributed by atoms with Crippen molar-refractivity contribution in [3.05, 3.63) is 143 Å². The highest BCUT2D eigenvalue weighted by Gasteiger charge is 2.69. The standard InChI is InChI=1S/C55H72O5/c1-7-8-11-17-43(34-41(4)25-26-42(5)46-30-32-58-33-31-46)27-29-51-50(52(56)59-38-44-18-12-9-13-19-44)37-54(6)36-49-47(28-24-40(2)3)22-16-23-48(49)35-55(51,54)53(57)60-39-45-20-14-10-15-21-45/h9-10,12-16,18-23,43,46,50-51H,2,4-5,7-8,11,17,24-39H2,1,3,6H3/t43-,50?,51-,54-,55?/m0/s1. The highest BCUT2D eigenvalue weighted by molar-refractivity contribution is 5.84. The molecule has 3 aliphatic rings. The summed E-state index contributed by atoms with van der Waals surface area (Å²) in [4.78, 5) is 30.0. The topological polar surface area (TPSA) is 61.8 Å². The van der Waals surface area contributed by atoms with Gasteiger partial charge in [-0.1, -0.05) is 148 Å². The van der Waals surface area contributed by atoms with E-state index in [2.05, 4.69) is 58.7 Å². The zero-order valence-corrected chi connectivity index (χ0v) is 37.1. The summed E-state index contributed by atoms with van der Waals surface area (Å²) >= 11 is 0. The summed E-state index contributed by atoms with van der Waals surface area (Å²) < 4.78 is 18.3. The van der Waals surface area contributed by atoms with Crippen LogP contribution in [-0.2, 0) is 56.3 Å². The van der Waals surface area contributed by atoms with Crippen LogP contribution in [0.1, 0.15) is 132 Å². The largest absolute Gasteiger partial charge is 0.461 e. The maximum atomic E-state index is 15.3. The van der Waals surface area contributed by atoms with Crippen molar-refractivity contribution < 1.29 is 23.8 Å². The lowest BCUT2D eigenvalue weighted by Gasteiger charge is -2.49.